The number of carboxylic acid groups (broad SMARTS) is 1. The van der Waals surface area contributed by atoms with Crippen LogP contribution in [0.4, 0.5) is 5.69 Å². The molecule has 0 spiro atoms. The van der Waals surface area contributed by atoms with Crippen LogP contribution in [0.1, 0.15) is 49.8 Å². The molecular weight excluding hydrogens is 440 g/mol. The summed E-state index contributed by atoms with van der Waals surface area (Å²) in [5, 5.41) is 24.5. The SMILES string of the molecule is CC(C)CNC(=O)c1ccc(-c2ccsc2C(=O)Nc2ccc(C(=N)N)cc2)c(C(=O)O)c1. The zero-order valence-electron chi connectivity index (χ0n) is 18.1. The Morgan fingerprint density at radius 1 is 1.00 bits per heavy atom. The molecular formula is C24H24N4O4S. The number of amidine groups is 1. The van der Waals surface area contributed by atoms with Crippen molar-refractivity contribution < 1.29 is 19.5 Å². The van der Waals surface area contributed by atoms with Crippen LogP contribution >= 0.6 is 11.3 Å². The zero-order chi connectivity index (χ0) is 24.1. The van der Waals surface area contributed by atoms with Crippen LogP contribution in [0.2, 0.25) is 0 Å². The maximum atomic E-state index is 12.9. The number of nitrogens with two attached hydrogens (primary N) is 1. The molecule has 33 heavy (non-hydrogen) atoms. The number of aromatic carboxylic acids is 1. The van der Waals surface area contributed by atoms with Crippen molar-refractivity contribution in [1.29, 1.82) is 5.41 Å². The van der Waals surface area contributed by atoms with Crippen molar-refractivity contribution in [3.63, 3.8) is 0 Å². The summed E-state index contributed by atoms with van der Waals surface area (Å²) in [6, 6.07) is 12.6. The number of carbonyl (C=O) groups is 3. The predicted molar refractivity (Wildman–Crippen MR) is 129 cm³/mol. The Balaban J connectivity index is 1.89. The fraction of sp³-hybridized carbons (Fsp3) is 0.167. The highest BCUT2D eigenvalue weighted by Gasteiger charge is 2.21. The van der Waals surface area contributed by atoms with Gasteiger partial charge in [-0.05, 0) is 59.3 Å². The fourth-order valence-electron chi connectivity index (χ4n) is 3.11. The lowest BCUT2D eigenvalue weighted by Gasteiger charge is -2.12. The fourth-order valence-corrected chi connectivity index (χ4v) is 3.92. The molecule has 0 bridgehead atoms. The Labute approximate surface area is 195 Å². The van der Waals surface area contributed by atoms with Gasteiger partial charge in [-0.2, -0.15) is 0 Å². The van der Waals surface area contributed by atoms with Gasteiger partial charge in [0, 0.05) is 28.9 Å². The number of rotatable bonds is 8. The van der Waals surface area contributed by atoms with Gasteiger partial charge in [0.25, 0.3) is 11.8 Å². The van der Waals surface area contributed by atoms with Crippen molar-refractivity contribution in [2.45, 2.75) is 13.8 Å². The first-order chi connectivity index (χ1) is 15.7. The first-order valence-corrected chi connectivity index (χ1v) is 11.0. The van der Waals surface area contributed by atoms with E-state index in [9.17, 15) is 19.5 Å². The molecule has 170 valence electrons. The second kappa shape index (κ2) is 10.1. The standard InChI is InChI=1S/C24H24N4O4S/c1-13(2)12-27-22(29)15-5-8-17(19(11-15)24(31)32)18-9-10-33-20(18)23(30)28-16-6-3-14(4-7-16)21(25)26/h3-11,13H,12H2,1-2H3,(H3,25,26)(H,27,29)(H,28,30)(H,31,32). The molecule has 0 fully saturated rings. The van der Waals surface area contributed by atoms with Crippen LogP contribution in [0.5, 0.6) is 0 Å². The van der Waals surface area contributed by atoms with E-state index < -0.39 is 11.9 Å². The van der Waals surface area contributed by atoms with E-state index in [0.717, 1.165) is 0 Å². The number of hydrogen-bond acceptors (Lipinski definition) is 5. The third kappa shape index (κ3) is 5.64. The molecule has 9 heteroatoms. The van der Waals surface area contributed by atoms with Crippen molar-refractivity contribution in [3.8, 4) is 11.1 Å². The molecule has 6 N–H and O–H groups in total. The highest BCUT2D eigenvalue weighted by Crippen LogP contribution is 2.32. The molecule has 0 unspecified atom stereocenters. The molecule has 2 aromatic carbocycles. The van der Waals surface area contributed by atoms with Gasteiger partial charge in [0.05, 0.1) is 5.56 Å². The molecule has 3 aromatic rings. The molecule has 1 aromatic heterocycles. The summed E-state index contributed by atoms with van der Waals surface area (Å²) in [7, 11) is 0. The number of hydrogen-bond donors (Lipinski definition) is 5. The predicted octanol–water partition coefficient (Wildman–Crippen LogP) is 4.04. The van der Waals surface area contributed by atoms with Crippen LogP contribution in [-0.2, 0) is 0 Å². The van der Waals surface area contributed by atoms with E-state index in [-0.39, 0.29) is 28.8 Å². The summed E-state index contributed by atoms with van der Waals surface area (Å²) in [6.07, 6.45) is 0. The lowest BCUT2D eigenvalue weighted by molar-refractivity contribution is 0.0697. The minimum atomic E-state index is -1.19. The van der Waals surface area contributed by atoms with Gasteiger partial charge in [-0.3, -0.25) is 15.0 Å². The van der Waals surface area contributed by atoms with Gasteiger partial charge in [-0.1, -0.05) is 19.9 Å². The van der Waals surface area contributed by atoms with Gasteiger partial charge < -0.3 is 21.5 Å². The van der Waals surface area contributed by atoms with Gasteiger partial charge in [-0.15, -0.1) is 11.3 Å². The quantitative estimate of drug-likeness (QED) is 0.252. The average Bonchev–Trinajstić information content (AvgIpc) is 3.27. The summed E-state index contributed by atoms with van der Waals surface area (Å²) in [5.41, 5.74) is 7.48. The largest absolute Gasteiger partial charge is 0.478 e. The van der Waals surface area contributed by atoms with Crippen LogP contribution in [0.25, 0.3) is 11.1 Å². The van der Waals surface area contributed by atoms with E-state index in [4.69, 9.17) is 11.1 Å². The summed E-state index contributed by atoms with van der Waals surface area (Å²) in [4.78, 5) is 37.6. The van der Waals surface area contributed by atoms with Crippen molar-refractivity contribution in [3.05, 3.63) is 75.5 Å². The third-order valence-corrected chi connectivity index (χ3v) is 5.71. The van der Waals surface area contributed by atoms with Gasteiger partial charge in [0.1, 0.15) is 10.7 Å². The van der Waals surface area contributed by atoms with Crippen molar-refractivity contribution in [2.75, 3.05) is 11.9 Å². The number of nitrogen functional groups attached to an aromatic ring is 1. The molecule has 0 aliphatic rings. The van der Waals surface area contributed by atoms with Crippen LogP contribution in [0.3, 0.4) is 0 Å². The number of nitrogens with one attached hydrogen (secondary N) is 3. The smallest absolute Gasteiger partial charge is 0.336 e. The highest BCUT2D eigenvalue weighted by molar-refractivity contribution is 7.12. The second-order valence-corrected chi connectivity index (χ2v) is 8.69. The monoisotopic (exact) mass is 464 g/mol. The third-order valence-electron chi connectivity index (χ3n) is 4.80. The molecule has 0 atom stereocenters. The van der Waals surface area contributed by atoms with Crippen LogP contribution in [-0.4, -0.2) is 35.3 Å². The Hall–Kier alpha value is -3.98. The molecule has 0 saturated heterocycles. The van der Waals surface area contributed by atoms with Crippen molar-refractivity contribution >= 4 is 40.6 Å². The average molecular weight is 465 g/mol. The Kier molecular flexibility index (Phi) is 7.24. The van der Waals surface area contributed by atoms with Crippen molar-refractivity contribution in [1.82, 2.24) is 5.32 Å². The molecule has 1 heterocycles. The normalized spacial score (nSPS) is 10.6. The summed E-state index contributed by atoms with van der Waals surface area (Å²) in [5.74, 6) is -1.75. The zero-order valence-corrected chi connectivity index (χ0v) is 19.0. The lowest BCUT2D eigenvalue weighted by atomic mass is 9.97. The number of amides is 2. The minimum Gasteiger partial charge on any atom is -0.478 e. The van der Waals surface area contributed by atoms with Crippen LogP contribution < -0.4 is 16.4 Å². The van der Waals surface area contributed by atoms with Crippen molar-refractivity contribution in [2.24, 2.45) is 11.7 Å². The molecule has 8 nitrogen and oxygen atoms in total. The van der Waals surface area contributed by atoms with Crippen LogP contribution in [0.15, 0.2) is 53.9 Å². The maximum absolute atomic E-state index is 12.9. The number of benzene rings is 2. The van der Waals surface area contributed by atoms with E-state index in [1.54, 1.807) is 47.8 Å². The Bertz CT molecular complexity index is 1220. The molecule has 0 saturated carbocycles. The Morgan fingerprint density at radius 2 is 1.67 bits per heavy atom. The topological polar surface area (TPSA) is 145 Å². The van der Waals surface area contributed by atoms with E-state index >= 15 is 0 Å². The number of carboxylic acids is 1. The summed E-state index contributed by atoms with van der Waals surface area (Å²) < 4.78 is 0. The van der Waals surface area contributed by atoms with E-state index in [2.05, 4.69) is 10.6 Å². The molecule has 0 aliphatic heterocycles. The second-order valence-electron chi connectivity index (χ2n) is 7.78. The number of anilines is 1. The summed E-state index contributed by atoms with van der Waals surface area (Å²) in [6.45, 7) is 4.41. The molecule has 3 rings (SSSR count). The number of thiophene rings is 1. The van der Waals surface area contributed by atoms with Gasteiger partial charge in [-0.25, -0.2) is 4.79 Å². The molecule has 0 radical (unpaired) electrons. The minimum absolute atomic E-state index is 0.0644. The highest BCUT2D eigenvalue weighted by atomic mass is 32.1. The lowest BCUT2D eigenvalue weighted by Crippen LogP contribution is -2.27. The number of carbonyl (C=O) groups excluding carboxylic acids is 2. The van der Waals surface area contributed by atoms with E-state index in [0.29, 0.717) is 33.8 Å². The Morgan fingerprint density at radius 3 is 2.27 bits per heavy atom. The first-order valence-electron chi connectivity index (χ1n) is 10.2. The van der Waals surface area contributed by atoms with Gasteiger partial charge >= 0.3 is 5.97 Å². The molecule has 2 amide bonds. The molecule has 0 aliphatic carbocycles. The van der Waals surface area contributed by atoms with E-state index in [1.807, 2.05) is 13.8 Å². The summed E-state index contributed by atoms with van der Waals surface area (Å²) >= 11 is 1.18. The van der Waals surface area contributed by atoms with Gasteiger partial charge in [0.15, 0.2) is 0 Å². The van der Waals surface area contributed by atoms with Gasteiger partial charge in [0.2, 0.25) is 0 Å². The van der Waals surface area contributed by atoms with E-state index in [1.165, 1.54) is 17.4 Å². The first kappa shape index (κ1) is 23.7. The van der Waals surface area contributed by atoms with Crippen LogP contribution in [0, 0.1) is 11.3 Å². The maximum Gasteiger partial charge on any atom is 0.336 e.